The molecule has 4 heteroatoms. The molecule has 0 spiro atoms. The van der Waals surface area contributed by atoms with E-state index in [4.69, 9.17) is 17.0 Å². The molecule has 2 aromatic carbocycles. The highest BCUT2D eigenvalue weighted by Gasteiger charge is 2.36. The molecule has 0 aliphatic carbocycles. The van der Waals surface area contributed by atoms with Crippen molar-refractivity contribution in [2.45, 2.75) is 25.3 Å². The minimum absolute atomic E-state index is 0.0118. The van der Waals surface area contributed by atoms with Crippen LogP contribution in [0.4, 0.5) is 0 Å². The predicted octanol–water partition coefficient (Wildman–Crippen LogP) is 4.07. The number of carbonyl (C=O) groups excluding carboxylic acids is 1. The van der Waals surface area contributed by atoms with Crippen LogP contribution in [0, 0.1) is 0 Å². The number of rotatable bonds is 4. The Labute approximate surface area is 141 Å². The zero-order valence-corrected chi connectivity index (χ0v) is 13.8. The first-order chi connectivity index (χ1) is 11.2. The molecule has 0 saturated carbocycles. The van der Waals surface area contributed by atoms with Gasteiger partial charge in [-0.25, -0.2) is 0 Å². The molecule has 118 valence electrons. The van der Waals surface area contributed by atoms with Gasteiger partial charge in [-0.15, -0.1) is 0 Å². The van der Waals surface area contributed by atoms with E-state index >= 15 is 0 Å². The second-order valence-corrected chi connectivity index (χ2v) is 6.13. The number of ether oxygens (including phenoxy) is 1. The van der Waals surface area contributed by atoms with Crippen LogP contribution < -0.4 is 0 Å². The molecule has 1 heterocycles. The molecule has 3 rings (SSSR count). The lowest BCUT2D eigenvalue weighted by atomic mass is 9.96. The molecular weight excluding hydrogens is 306 g/mol. The molecular formula is C19H19NO2S. The van der Waals surface area contributed by atoms with Gasteiger partial charge in [0.2, 0.25) is 5.91 Å². The van der Waals surface area contributed by atoms with Crippen LogP contribution in [-0.2, 0) is 9.53 Å². The number of hydrogen-bond donors (Lipinski definition) is 0. The molecule has 3 nitrogen and oxygen atoms in total. The zero-order chi connectivity index (χ0) is 16.2. The Hall–Kier alpha value is -2.20. The quantitative estimate of drug-likeness (QED) is 0.794. The predicted molar refractivity (Wildman–Crippen MR) is 94.1 cm³/mol. The number of amides is 1. The monoisotopic (exact) mass is 325 g/mol. The maximum absolute atomic E-state index is 12.8. The van der Waals surface area contributed by atoms with Gasteiger partial charge in [0.1, 0.15) is 6.61 Å². The van der Waals surface area contributed by atoms with Gasteiger partial charge >= 0.3 is 0 Å². The number of thiocarbonyl (C=S) groups is 1. The van der Waals surface area contributed by atoms with Crippen molar-refractivity contribution in [3.8, 4) is 0 Å². The van der Waals surface area contributed by atoms with Crippen LogP contribution in [0.5, 0.6) is 0 Å². The molecule has 0 aromatic heterocycles. The summed E-state index contributed by atoms with van der Waals surface area (Å²) < 4.78 is 5.48. The molecule has 0 unspecified atom stereocenters. The second kappa shape index (κ2) is 6.92. The van der Waals surface area contributed by atoms with Crippen LogP contribution >= 0.6 is 12.2 Å². The van der Waals surface area contributed by atoms with E-state index in [-0.39, 0.29) is 23.0 Å². The molecule has 1 saturated heterocycles. The smallest absolute Gasteiger partial charge is 0.266 e. The first-order valence-electron chi connectivity index (χ1n) is 7.75. The van der Waals surface area contributed by atoms with Gasteiger partial charge in [-0.1, -0.05) is 67.6 Å². The summed E-state index contributed by atoms with van der Waals surface area (Å²) in [6.45, 7) is 2.49. The Balaban J connectivity index is 1.76. The molecule has 0 radical (unpaired) electrons. The summed E-state index contributed by atoms with van der Waals surface area (Å²) in [6.07, 6.45) is 0.414. The van der Waals surface area contributed by atoms with Crippen molar-refractivity contribution in [1.82, 2.24) is 4.90 Å². The lowest BCUT2D eigenvalue weighted by Gasteiger charge is -2.23. The summed E-state index contributed by atoms with van der Waals surface area (Å²) in [7, 11) is 0. The summed E-state index contributed by atoms with van der Waals surface area (Å²) in [5.41, 5.74) is 2.20. The maximum atomic E-state index is 12.8. The van der Waals surface area contributed by atoms with Crippen LogP contribution in [0.25, 0.3) is 0 Å². The van der Waals surface area contributed by atoms with Crippen molar-refractivity contribution in [1.29, 1.82) is 0 Å². The van der Waals surface area contributed by atoms with Crippen LogP contribution in [0.15, 0.2) is 60.7 Å². The summed E-state index contributed by atoms with van der Waals surface area (Å²) in [6, 6.07) is 19.8. The average Bonchev–Trinajstić information content (AvgIpc) is 2.98. The molecule has 1 fully saturated rings. The largest absolute Gasteiger partial charge is 0.468 e. The average molecular weight is 325 g/mol. The van der Waals surface area contributed by atoms with Gasteiger partial charge < -0.3 is 4.74 Å². The van der Waals surface area contributed by atoms with Gasteiger partial charge in [-0.05, 0) is 29.3 Å². The van der Waals surface area contributed by atoms with E-state index in [1.807, 2.05) is 60.7 Å². The summed E-state index contributed by atoms with van der Waals surface area (Å²) in [5.74, 6) is 0.154. The maximum Gasteiger partial charge on any atom is 0.266 e. The topological polar surface area (TPSA) is 29.5 Å². The minimum atomic E-state index is -0.126. The van der Waals surface area contributed by atoms with E-state index in [0.717, 1.165) is 11.1 Å². The Morgan fingerprint density at radius 2 is 1.78 bits per heavy atom. The third kappa shape index (κ3) is 3.42. The van der Waals surface area contributed by atoms with Crippen molar-refractivity contribution in [2.75, 3.05) is 6.61 Å². The summed E-state index contributed by atoms with van der Waals surface area (Å²) >= 11 is 5.25. The first-order valence-corrected chi connectivity index (χ1v) is 8.16. The van der Waals surface area contributed by atoms with E-state index in [2.05, 4.69) is 6.92 Å². The van der Waals surface area contributed by atoms with Gasteiger partial charge in [0, 0.05) is 6.42 Å². The molecule has 23 heavy (non-hydrogen) atoms. The number of hydrogen-bond acceptors (Lipinski definition) is 3. The van der Waals surface area contributed by atoms with E-state index in [9.17, 15) is 4.79 Å². The molecule has 1 aliphatic heterocycles. The Morgan fingerprint density at radius 3 is 2.43 bits per heavy atom. The third-order valence-electron chi connectivity index (χ3n) is 4.18. The van der Waals surface area contributed by atoms with Crippen LogP contribution in [0.2, 0.25) is 0 Å². The molecule has 1 aliphatic rings. The second-order valence-electron chi connectivity index (χ2n) is 5.78. The summed E-state index contributed by atoms with van der Waals surface area (Å²) in [4.78, 5) is 14.4. The zero-order valence-electron chi connectivity index (χ0n) is 13.0. The van der Waals surface area contributed by atoms with Crippen molar-refractivity contribution >= 4 is 23.3 Å². The van der Waals surface area contributed by atoms with Crippen LogP contribution in [-0.4, -0.2) is 22.6 Å². The van der Waals surface area contributed by atoms with Gasteiger partial charge in [-0.3, -0.25) is 9.69 Å². The van der Waals surface area contributed by atoms with E-state index < -0.39 is 0 Å². The van der Waals surface area contributed by atoms with Gasteiger partial charge in [0.05, 0.1) is 6.04 Å². The number of benzene rings is 2. The molecule has 2 atom stereocenters. The SMILES string of the molecule is C[C@H](CC(=O)N1C(=S)OC[C@H]1c1ccccc1)c1ccccc1. The Bertz CT molecular complexity index is 687. The lowest BCUT2D eigenvalue weighted by molar-refractivity contribution is -0.128. The fourth-order valence-electron chi connectivity index (χ4n) is 2.88. The van der Waals surface area contributed by atoms with E-state index in [1.54, 1.807) is 4.90 Å². The molecule has 1 amide bonds. The van der Waals surface area contributed by atoms with Crippen molar-refractivity contribution < 1.29 is 9.53 Å². The van der Waals surface area contributed by atoms with Gasteiger partial charge in [0.25, 0.3) is 5.17 Å². The summed E-state index contributed by atoms with van der Waals surface area (Å²) in [5, 5.41) is 0.282. The standard InChI is InChI=1S/C19H19NO2S/c1-14(15-8-4-2-5-9-15)12-18(21)20-17(13-22-19(20)23)16-10-6-3-7-11-16/h2-11,14,17H,12-13H2,1H3/t14-,17+/m1/s1. The lowest BCUT2D eigenvalue weighted by Crippen LogP contribution is -2.34. The molecule has 0 N–H and O–H groups in total. The number of nitrogens with zero attached hydrogens (tertiary/aromatic N) is 1. The highest BCUT2D eigenvalue weighted by Crippen LogP contribution is 2.30. The highest BCUT2D eigenvalue weighted by atomic mass is 32.1. The number of carbonyl (C=O) groups is 1. The fraction of sp³-hybridized carbons (Fsp3) is 0.263. The third-order valence-corrected chi connectivity index (χ3v) is 4.49. The van der Waals surface area contributed by atoms with Crippen molar-refractivity contribution in [3.05, 3.63) is 71.8 Å². The fourth-order valence-corrected chi connectivity index (χ4v) is 3.17. The first kappa shape index (κ1) is 15.7. The van der Waals surface area contributed by atoms with Crippen LogP contribution in [0.3, 0.4) is 0 Å². The molecule has 2 aromatic rings. The molecule has 0 bridgehead atoms. The minimum Gasteiger partial charge on any atom is -0.468 e. The highest BCUT2D eigenvalue weighted by molar-refractivity contribution is 7.80. The van der Waals surface area contributed by atoms with E-state index in [1.165, 1.54) is 0 Å². The van der Waals surface area contributed by atoms with E-state index in [0.29, 0.717) is 13.0 Å². The van der Waals surface area contributed by atoms with Crippen LogP contribution in [0.1, 0.15) is 36.4 Å². The van der Waals surface area contributed by atoms with Crippen molar-refractivity contribution in [2.24, 2.45) is 0 Å². The normalized spacial score (nSPS) is 18.6. The van der Waals surface area contributed by atoms with Gasteiger partial charge in [-0.2, -0.15) is 0 Å². The Kier molecular flexibility index (Phi) is 4.72. The Morgan fingerprint density at radius 1 is 1.17 bits per heavy atom. The van der Waals surface area contributed by atoms with Gasteiger partial charge in [0.15, 0.2) is 0 Å². The van der Waals surface area contributed by atoms with Crippen molar-refractivity contribution in [3.63, 3.8) is 0 Å².